The van der Waals surface area contributed by atoms with Crippen LogP contribution in [0.15, 0.2) is 60.7 Å². The maximum absolute atomic E-state index is 13.0. The zero-order chi connectivity index (χ0) is 19.2. The zero-order valence-corrected chi connectivity index (χ0v) is 15.3. The van der Waals surface area contributed by atoms with Crippen molar-refractivity contribution in [3.8, 4) is 0 Å². The summed E-state index contributed by atoms with van der Waals surface area (Å²) < 4.78 is 13.0. The summed E-state index contributed by atoms with van der Waals surface area (Å²) in [5.41, 5.74) is 1.94. The molecule has 2 aromatic carbocycles. The fourth-order valence-electron chi connectivity index (χ4n) is 2.72. The molecule has 0 spiro atoms. The lowest BCUT2D eigenvalue weighted by atomic mass is 10.2. The molecule has 0 atom stereocenters. The number of halogens is 1. The third-order valence-electron chi connectivity index (χ3n) is 4.08. The van der Waals surface area contributed by atoms with E-state index in [9.17, 15) is 9.18 Å². The van der Waals surface area contributed by atoms with Gasteiger partial charge in [0.15, 0.2) is 0 Å². The minimum absolute atomic E-state index is 0.272. The van der Waals surface area contributed by atoms with Gasteiger partial charge in [0.25, 0.3) is 5.91 Å². The standard InChI is InChI=1S/C21H21FN4O/c1-3-26(14-16-7-5-4-6-8-16)20-13-19(23-15(2)24-20)21(27)25-18-11-9-17(22)10-12-18/h4-13H,3,14H2,1-2H3,(H,25,27). The second-order valence-electron chi connectivity index (χ2n) is 6.12. The van der Waals surface area contributed by atoms with Gasteiger partial charge in [-0.25, -0.2) is 14.4 Å². The molecule has 0 radical (unpaired) electrons. The van der Waals surface area contributed by atoms with Crippen LogP contribution in [0.1, 0.15) is 28.8 Å². The molecule has 5 nitrogen and oxygen atoms in total. The molecule has 0 saturated carbocycles. The van der Waals surface area contributed by atoms with E-state index >= 15 is 0 Å². The first-order valence-electron chi connectivity index (χ1n) is 8.76. The molecule has 1 N–H and O–H groups in total. The van der Waals surface area contributed by atoms with Crippen molar-refractivity contribution in [3.63, 3.8) is 0 Å². The van der Waals surface area contributed by atoms with Crippen LogP contribution in [0.25, 0.3) is 0 Å². The van der Waals surface area contributed by atoms with Gasteiger partial charge in [-0.15, -0.1) is 0 Å². The smallest absolute Gasteiger partial charge is 0.274 e. The normalized spacial score (nSPS) is 10.5. The van der Waals surface area contributed by atoms with Crippen molar-refractivity contribution in [1.82, 2.24) is 9.97 Å². The van der Waals surface area contributed by atoms with Crippen LogP contribution >= 0.6 is 0 Å². The number of aryl methyl sites for hydroxylation is 1. The van der Waals surface area contributed by atoms with E-state index in [1.807, 2.05) is 25.1 Å². The Kier molecular flexibility index (Phi) is 5.76. The molecule has 0 aliphatic heterocycles. The number of nitrogens with one attached hydrogen (secondary N) is 1. The average molecular weight is 364 g/mol. The summed E-state index contributed by atoms with van der Waals surface area (Å²) in [6, 6.07) is 17.4. The number of hydrogen-bond acceptors (Lipinski definition) is 4. The molecule has 0 aliphatic carbocycles. The Morgan fingerprint density at radius 2 is 1.78 bits per heavy atom. The number of benzene rings is 2. The molecule has 0 saturated heterocycles. The third kappa shape index (κ3) is 4.88. The van der Waals surface area contributed by atoms with Gasteiger partial charge in [-0.2, -0.15) is 0 Å². The molecule has 6 heteroatoms. The van der Waals surface area contributed by atoms with Gasteiger partial charge in [-0.1, -0.05) is 30.3 Å². The Morgan fingerprint density at radius 3 is 2.44 bits per heavy atom. The van der Waals surface area contributed by atoms with Gasteiger partial charge in [-0.05, 0) is 43.7 Å². The summed E-state index contributed by atoms with van der Waals surface area (Å²) in [4.78, 5) is 23.4. The lowest BCUT2D eigenvalue weighted by molar-refractivity contribution is 0.102. The van der Waals surface area contributed by atoms with Crippen molar-refractivity contribution in [3.05, 3.63) is 83.6 Å². The lowest BCUT2D eigenvalue weighted by Gasteiger charge is -2.22. The van der Waals surface area contributed by atoms with E-state index in [2.05, 4.69) is 32.3 Å². The number of anilines is 2. The van der Waals surface area contributed by atoms with E-state index in [1.165, 1.54) is 24.3 Å². The second kappa shape index (κ2) is 8.40. The summed E-state index contributed by atoms with van der Waals surface area (Å²) in [5, 5.41) is 2.73. The Hall–Kier alpha value is -3.28. The SMILES string of the molecule is CCN(Cc1ccccc1)c1cc(C(=O)Nc2ccc(F)cc2)nc(C)n1. The third-order valence-corrected chi connectivity index (χ3v) is 4.08. The number of rotatable bonds is 6. The number of nitrogens with zero attached hydrogens (tertiary/aromatic N) is 3. The highest BCUT2D eigenvalue weighted by Crippen LogP contribution is 2.17. The number of aromatic nitrogens is 2. The van der Waals surface area contributed by atoms with Crippen molar-refractivity contribution in [2.24, 2.45) is 0 Å². The van der Waals surface area contributed by atoms with Crippen molar-refractivity contribution >= 4 is 17.4 Å². The molecule has 1 amide bonds. The van der Waals surface area contributed by atoms with Crippen LogP contribution in [0.4, 0.5) is 15.9 Å². The highest BCUT2D eigenvalue weighted by Gasteiger charge is 2.14. The molecular weight excluding hydrogens is 343 g/mol. The lowest BCUT2D eigenvalue weighted by Crippen LogP contribution is -2.25. The molecule has 1 heterocycles. The van der Waals surface area contributed by atoms with E-state index in [-0.39, 0.29) is 17.4 Å². The van der Waals surface area contributed by atoms with Gasteiger partial charge in [0.2, 0.25) is 0 Å². The summed E-state index contributed by atoms with van der Waals surface area (Å²) in [7, 11) is 0. The minimum Gasteiger partial charge on any atom is -0.352 e. The number of hydrogen-bond donors (Lipinski definition) is 1. The van der Waals surface area contributed by atoms with Crippen LogP contribution in [0.5, 0.6) is 0 Å². The van der Waals surface area contributed by atoms with Gasteiger partial charge in [0, 0.05) is 24.8 Å². The Bertz CT molecular complexity index is 913. The quantitative estimate of drug-likeness (QED) is 0.712. The van der Waals surface area contributed by atoms with Crippen LogP contribution in [0, 0.1) is 12.7 Å². The monoisotopic (exact) mass is 364 g/mol. The highest BCUT2D eigenvalue weighted by molar-refractivity contribution is 6.03. The average Bonchev–Trinajstić information content (AvgIpc) is 2.68. The largest absolute Gasteiger partial charge is 0.352 e. The van der Waals surface area contributed by atoms with Gasteiger partial charge in [0.05, 0.1) is 0 Å². The Labute approximate surface area is 157 Å². The summed E-state index contributed by atoms with van der Waals surface area (Å²) in [5.74, 6) is 0.498. The maximum Gasteiger partial charge on any atom is 0.274 e. The molecular formula is C21H21FN4O. The van der Waals surface area contributed by atoms with Crippen molar-refractivity contribution in [2.75, 3.05) is 16.8 Å². The summed E-state index contributed by atoms with van der Waals surface area (Å²) in [6.45, 7) is 5.23. The Morgan fingerprint density at radius 1 is 1.07 bits per heavy atom. The fourth-order valence-corrected chi connectivity index (χ4v) is 2.72. The molecule has 138 valence electrons. The maximum atomic E-state index is 13.0. The molecule has 0 aliphatic rings. The van der Waals surface area contributed by atoms with Crippen LogP contribution < -0.4 is 10.2 Å². The van der Waals surface area contributed by atoms with Crippen molar-refractivity contribution in [1.29, 1.82) is 0 Å². The van der Waals surface area contributed by atoms with E-state index in [4.69, 9.17) is 0 Å². The fraction of sp³-hybridized carbons (Fsp3) is 0.190. The van der Waals surface area contributed by atoms with E-state index < -0.39 is 0 Å². The first-order valence-corrected chi connectivity index (χ1v) is 8.76. The van der Waals surface area contributed by atoms with Gasteiger partial charge < -0.3 is 10.2 Å². The molecule has 1 aromatic heterocycles. The Balaban J connectivity index is 1.82. The zero-order valence-electron chi connectivity index (χ0n) is 15.3. The molecule has 0 unspecified atom stereocenters. The van der Waals surface area contributed by atoms with Crippen molar-refractivity contribution in [2.45, 2.75) is 20.4 Å². The summed E-state index contributed by atoms with van der Waals surface area (Å²) in [6.07, 6.45) is 0. The first-order chi connectivity index (χ1) is 13.0. The predicted molar refractivity (Wildman–Crippen MR) is 104 cm³/mol. The topological polar surface area (TPSA) is 58.1 Å². The van der Waals surface area contributed by atoms with Gasteiger partial charge in [-0.3, -0.25) is 4.79 Å². The number of amides is 1. The predicted octanol–water partition coefficient (Wildman–Crippen LogP) is 4.20. The molecule has 0 bridgehead atoms. The van der Waals surface area contributed by atoms with Gasteiger partial charge in [0.1, 0.15) is 23.2 Å². The second-order valence-corrected chi connectivity index (χ2v) is 6.12. The van der Waals surface area contributed by atoms with Crippen LogP contribution in [-0.4, -0.2) is 22.4 Å². The van der Waals surface area contributed by atoms with Crippen LogP contribution in [0.3, 0.4) is 0 Å². The molecule has 27 heavy (non-hydrogen) atoms. The number of carbonyl (C=O) groups is 1. The van der Waals surface area contributed by atoms with E-state index in [0.29, 0.717) is 23.9 Å². The van der Waals surface area contributed by atoms with Crippen molar-refractivity contribution < 1.29 is 9.18 Å². The molecule has 3 rings (SSSR count). The van der Waals surface area contributed by atoms with E-state index in [1.54, 1.807) is 13.0 Å². The minimum atomic E-state index is -0.357. The highest BCUT2D eigenvalue weighted by atomic mass is 19.1. The first kappa shape index (κ1) is 18.5. The van der Waals surface area contributed by atoms with Crippen LogP contribution in [0.2, 0.25) is 0 Å². The summed E-state index contributed by atoms with van der Waals surface area (Å²) >= 11 is 0. The van der Waals surface area contributed by atoms with Gasteiger partial charge >= 0.3 is 0 Å². The molecule has 0 fully saturated rings. The van der Waals surface area contributed by atoms with E-state index in [0.717, 1.165) is 12.1 Å². The molecule has 3 aromatic rings. The van der Waals surface area contributed by atoms with Crippen LogP contribution in [-0.2, 0) is 6.54 Å². The number of carbonyl (C=O) groups excluding carboxylic acids is 1.